The van der Waals surface area contributed by atoms with Crippen molar-refractivity contribution in [2.45, 2.75) is 57.2 Å². The minimum Gasteiger partial charge on any atom is -0.370 e. The van der Waals surface area contributed by atoms with E-state index in [-0.39, 0.29) is 18.4 Å². The van der Waals surface area contributed by atoms with Gasteiger partial charge in [-0.1, -0.05) is 60.2 Å². The molecule has 3 nitrogen and oxygen atoms in total. The number of halogens is 1. The van der Waals surface area contributed by atoms with Gasteiger partial charge in [-0.15, -0.1) is 12.4 Å². The molecule has 1 saturated heterocycles. The summed E-state index contributed by atoms with van der Waals surface area (Å²) in [5, 5.41) is 0. The average molecular weight is 370 g/mol. The van der Waals surface area contributed by atoms with Crippen molar-refractivity contribution in [1.29, 1.82) is 0 Å². The highest BCUT2D eigenvalue weighted by atomic mass is 35.5. The molecule has 0 aromatic heterocycles. The summed E-state index contributed by atoms with van der Waals surface area (Å²) in [5.41, 5.74) is 10.4. The summed E-state index contributed by atoms with van der Waals surface area (Å²) in [6.45, 7) is 2.12. The van der Waals surface area contributed by atoms with Gasteiger partial charge in [0.25, 0.3) is 0 Å². The second kappa shape index (κ2) is 8.13. The van der Waals surface area contributed by atoms with E-state index in [9.17, 15) is 0 Å². The van der Waals surface area contributed by atoms with Gasteiger partial charge in [-0.3, -0.25) is 0 Å². The van der Waals surface area contributed by atoms with Gasteiger partial charge in [-0.25, -0.2) is 4.99 Å². The minimum absolute atomic E-state index is 0. The molecule has 2 aliphatic rings. The van der Waals surface area contributed by atoms with Crippen LogP contribution in [0.25, 0.3) is 0 Å². The second-order valence-electron chi connectivity index (χ2n) is 7.47. The SMILES string of the molecule is Cc1ccc([C@H]2C[C@H]3CC[C@H](CCc4ccccc4)N3C(N)=N2)cc1.Cl. The summed E-state index contributed by atoms with van der Waals surface area (Å²) >= 11 is 0. The molecule has 4 rings (SSSR count). The van der Waals surface area contributed by atoms with Crippen molar-refractivity contribution in [1.82, 2.24) is 4.90 Å². The number of rotatable bonds is 4. The van der Waals surface area contributed by atoms with E-state index < -0.39 is 0 Å². The van der Waals surface area contributed by atoms with Crippen LogP contribution in [0.2, 0.25) is 0 Å². The number of aliphatic imine (C=N–C) groups is 1. The van der Waals surface area contributed by atoms with E-state index in [1.165, 1.54) is 29.5 Å². The van der Waals surface area contributed by atoms with Crippen molar-refractivity contribution in [3.05, 3.63) is 71.3 Å². The fourth-order valence-electron chi connectivity index (χ4n) is 4.36. The molecule has 138 valence electrons. The molecule has 0 radical (unpaired) electrons. The average Bonchev–Trinajstić information content (AvgIpc) is 3.05. The van der Waals surface area contributed by atoms with E-state index in [1.807, 2.05) is 0 Å². The van der Waals surface area contributed by atoms with Crippen LogP contribution in [0.1, 0.15) is 48.4 Å². The predicted octanol–water partition coefficient (Wildman–Crippen LogP) is 4.64. The molecule has 2 aliphatic heterocycles. The lowest BCUT2D eigenvalue weighted by atomic mass is 9.96. The molecule has 26 heavy (non-hydrogen) atoms. The quantitative estimate of drug-likeness (QED) is 0.852. The number of hydrogen-bond acceptors (Lipinski definition) is 3. The summed E-state index contributed by atoms with van der Waals surface area (Å²) in [6, 6.07) is 20.8. The van der Waals surface area contributed by atoms with Crippen molar-refractivity contribution in [3.8, 4) is 0 Å². The first-order valence-corrected chi connectivity index (χ1v) is 9.43. The first-order chi connectivity index (χ1) is 12.2. The molecule has 2 aromatic carbocycles. The summed E-state index contributed by atoms with van der Waals surface area (Å²) < 4.78 is 0. The van der Waals surface area contributed by atoms with Gasteiger partial charge in [-0.2, -0.15) is 0 Å². The van der Waals surface area contributed by atoms with Crippen molar-refractivity contribution in [2.75, 3.05) is 0 Å². The van der Waals surface area contributed by atoms with E-state index in [0.717, 1.165) is 25.2 Å². The van der Waals surface area contributed by atoms with Gasteiger partial charge in [0.05, 0.1) is 6.04 Å². The fraction of sp³-hybridized carbons (Fsp3) is 0.409. The number of aryl methyl sites for hydroxylation is 2. The van der Waals surface area contributed by atoms with Crippen LogP contribution in [-0.2, 0) is 6.42 Å². The lowest BCUT2D eigenvalue weighted by Crippen LogP contribution is -2.48. The summed E-state index contributed by atoms with van der Waals surface area (Å²) in [4.78, 5) is 7.26. The zero-order valence-corrected chi connectivity index (χ0v) is 16.2. The maximum absolute atomic E-state index is 6.41. The highest BCUT2D eigenvalue weighted by molar-refractivity contribution is 5.85. The van der Waals surface area contributed by atoms with Crippen LogP contribution in [0.15, 0.2) is 59.6 Å². The van der Waals surface area contributed by atoms with Crippen molar-refractivity contribution in [2.24, 2.45) is 10.7 Å². The third-order valence-corrected chi connectivity index (χ3v) is 5.74. The largest absolute Gasteiger partial charge is 0.370 e. The van der Waals surface area contributed by atoms with Crippen LogP contribution in [0.3, 0.4) is 0 Å². The lowest BCUT2D eigenvalue weighted by molar-refractivity contribution is 0.256. The first kappa shape index (κ1) is 18.8. The molecule has 4 heteroatoms. The standard InChI is InChI=1S/C22H27N3.ClH/c1-16-7-10-18(11-8-16)21-15-20-14-13-19(25(20)22(23)24-21)12-9-17-5-3-2-4-6-17;/h2-8,10-11,19-21H,9,12-15H2,1H3,(H2,23,24);1H/t19-,20+,21+;/m0./s1. The molecular formula is C22H28ClN3. The Labute approximate surface area is 162 Å². The maximum Gasteiger partial charge on any atom is 0.192 e. The highest BCUT2D eigenvalue weighted by Crippen LogP contribution is 2.37. The Morgan fingerprint density at radius 3 is 2.50 bits per heavy atom. The molecule has 0 unspecified atom stereocenters. The van der Waals surface area contributed by atoms with Crippen LogP contribution in [0.4, 0.5) is 0 Å². The van der Waals surface area contributed by atoms with Crippen LogP contribution in [-0.4, -0.2) is 22.9 Å². The fourth-order valence-corrected chi connectivity index (χ4v) is 4.36. The van der Waals surface area contributed by atoms with E-state index in [2.05, 4.69) is 66.4 Å². The highest BCUT2D eigenvalue weighted by Gasteiger charge is 2.39. The molecule has 0 bridgehead atoms. The van der Waals surface area contributed by atoms with Gasteiger partial charge >= 0.3 is 0 Å². The first-order valence-electron chi connectivity index (χ1n) is 9.43. The molecular weight excluding hydrogens is 342 g/mol. The Kier molecular flexibility index (Phi) is 5.87. The third-order valence-electron chi connectivity index (χ3n) is 5.74. The molecule has 0 saturated carbocycles. The smallest absolute Gasteiger partial charge is 0.192 e. The van der Waals surface area contributed by atoms with Crippen LogP contribution >= 0.6 is 12.4 Å². The molecule has 2 heterocycles. The normalized spacial score (nSPS) is 24.6. The van der Waals surface area contributed by atoms with Crippen molar-refractivity contribution < 1.29 is 0 Å². The number of guanidine groups is 1. The van der Waals surface area contributed by atoms with E-state index in [0.29, 0.717) is 12.1 Å². The van der Waals surface area contributed by atoms with Crippen molar-refractivity contribution in [3.63, 3.8) is 0 Å². The van der Waals surface area contributed by atoms with Crippen LogP contribution < -0.4 is 5.73 Å². The number of benzene rings is 2. The van der Waals surface area contributed by atoms with E-state index in [1.54, 1.807) is 0 Å². The molecule has 0 amide bonds. The zero-order chi connectivity index (χ0) is 17.2. The summed E-state index contributed by atoms with van der Waals surface area (Å²) in [6.07, 6.45) is 5.83. The van der Waals surface area contributed by atoms with Crippen LogP contribution in [0, 0.1) is 6.92 Å². The third kappa shape index (κ3) is 3.88. The Morgan fingerprint density at radius 2 is 1.77 bits per heavy atom. The Bertz CT molecular complexity index is 742. The van der Waals surface area contributed by atoms with E-state index in [4.69, 9.17) is 10.7 Å². The predicted molar refractivity (Wildman–Crippen MR) is 111 cm³/mol. The number of nitrogens with two attached hydrogens (primary N) is 1. The molecule has 2 N–H and O–H groups in total. The van der Waals surface area contributed by atoms with Gasteiger partial charge in [0, 0.05) is 12.1 Å². The molecule has 0 spiro atoms. The van der Waals surface area contributed by atoms with Crippen molar-refractivity contribution >= 4 is 18.4 Å². The van der Waals surface area contributed by atoms with Gasteiger partial charge < -0.3 is 10.6 Å². The topological polar surface area (TPSA) is 41.6 Å². The maximum atomic E-state index is 6.41. The Hall–Kier alpha value is -2.00. The monoisotopic (exact) mass is 369 g/mol. The van der Waals surface area contributed by atoms with Gasteiger partial charge in [0.15, 0.2) is 5.96 Å². The molecule has 1 fully saturated rings. The summed E-state index contributed by atoms with van der Waals surface area (Å²) in [5.74, 6) is 0.748. The van der Waals surface area contributed by atoms with Gasteiger partial charge in [0.1, 0.15) is 0 Å². The number of hydrogen-bond donors (Lipinski definition) is 1. The lowest BCUT2D eigenvalue weighted by Gasteiger charge is -2.37. The number of nitrogens with zero attached hydrogens (tertiary/aromatic N) is 2. The van der Waals surface area contributed by atoms with Crippen LogP contribution in [0.5, 0.6) is 0 Å². The molecule has 0 aliphatic carbocycles. The Balaban J connectivity index is 0.00000196. The summed E-state index contributed by atoms with van der Waals surface area (Å²) in [7, 11) is 0. The second-order valence-corrected chi connectivity index (χ2v) is 7.47. The molecule has 2 aromatic rings. The van der Waals surface area contributed by atoms with Gasteiger partial charge in [-0.05, 0) is 50.2 Å². The van der Waals surface area contributed by atoms with Gasteiger partial charge in [0.2, 0.25) is 0 Å². The Morgan fingerprint density at radius 1 is 1.04 bits per heavy atom. The number of fused-ring (bicyclic) bond motifs is 1. The zero-order valence-electron chi connectivity index (χ0n) is 15.3. The molecule has 3 atom stereocenters. The minimum atomic E-state index is 0. The van der Waals surface area contributed by atoms with E-state index >= 15 is 0 Å².